The van der Waals surface area contributed by atoms with E-state index >= 15 is 0 Å². The van der Waals surface area contributed by atoms with Crippen molar-refractivity contribution < 1.29 is 8.85 Å². The second-order valence-corrected chi connectivity index (χ2v) is 7.58. The molecule has 16 heavy (non-hydrogen) atoms. The van der Waals surface area contributed by atoms with E-state index in [1.807, 2.05) is 14.2 Å². The van der Waals surface area contributed by atoms with Crippen molar-refractivity contribution in [1.82, 2.24) is 0 Å². The molecule has 96 valence electrons. The van der Waals surface area contributed by atoms with Crippen LogP contribution in [0.15, 0.2) is 0 Å². The normalized spacial score (nSPS) is 19.5. The molecule has 1 rings (SSSR count). The van der Waals surface area contributed by atoms with Crippen molar-refractivity contribution in [3.05, 3.63) is 0 Å². The highest BCUT2D eigenvalue weighted by Crippen LogP contribution is 2.39. The summed E-state index contributed by atoms with van der Waals surface area (Å²) in [6, 6.07) is 0. The van der Waals surface area contributed by atoms with Crippen molar-refractivity contribution in [3.8, 4) is 0 Å². The van der Waals surface area contributed by atoms with E-state index in [4.69, 9.17) is 8.85 Å². The van der Waals surface area contributed by atoms with E-state index in [1.54, 1.807) is 0 Å². The third-order valence-electron chi connectivity index (χ3n) is 3.96. The van der Waals surface area contributed by atoms with Gasteiger partial charge in [-0.15, -0.1) is 0 Å². The zero-order valence-electron chi connectivity index (χ0n) is 11.2. The van der Waals surface area contributed by atoms with Crippen molar-refractivity contribution in [2.45, 2.75) is 63.8 Å². The van der Waals surface area contributed by atoms with Gasteiger partial charge in [-0.2, -0.15) is 0 Å². The highest BCUT2D eigenvalue weighted by Gasteiger charge is 2.33. The predicted octanol–water partition coefficient (Wildman–Crippen LogP) is 3.64. The van der Waals surface area contributed by atoms with Crippen molar-refractivity contribution in [3.63, 3.8) is 0 Å². The molecule has 0 spiro atoms. The molecule has 1 fully saturated rings. The number of unbranched alkanes of at least 4 members (excludes halogenated alkanes) is 2. The van der Waals surface area contributed by atoms with Gasteiger partial charge in [0.25, 0.3) is 0 Å². The van der Waals surface area contributed by atoms with Crippen LogP contribution >= 0.6 is 0 Å². The van der Waals surface area contributed by atoms with Gasteiger partial charge in [-0.25, -0.2) is 0 Å². The van der Waals surface area contributed by atoms with Gasteiger partial charge in [-0.05, 0) is 12.3 Å². The lowest BCUT2D eigenvalue weighted by molar-refractivity contribution is 0.243. The first-order chi connectivity index (χ1) is 7.83. The van der Waals surface area contributed by atoms with Crippen molar-refractivity contribution >= 4 is 9.28 Å². The molecule has 1 atom stereocenters. The second-order valence-electron chi connectivity index (χ2n) is 5.04. The van der Waals surface area contributed by atoms with Crippen LogP contribution in [0.5, 0.6) is 0 Å². The maximum atomic E-state index is 5.62. The van der Waals surface area contributed by atoms with E-state index in [0.717, 1.165) is 11.5 Å². The summed E-state index contributed by atoms with van der Waals surface area (Å²) in [5.41, 5.74) is 0.754. The van der Waals surface area contributed by atoms with Crippen LogP contribution in [0.4, 0.5) is 0 Å². The summed E-state index contributed by atoms with van der Waals surface area (Å²) in [4.78, 5) is 0. The standard InChI is InChI=1S/C13H28O2Si/c1-4-5-6-11-13(16(14-2)15-3)12-9-7-8-10-12/h12-13,16H,4-11H2,1-3H3. The summed E-state index contributed by atoms with van der Waals surface area (Å²) in [5, 5.41) is 0. The number of hydrogen-bond donors (Lipinski definition) is 0. The Hall–Kier alpha value is 0.137. The molecule has 0 aromatic heterocycles. The number of hydrogen-bond acceptors (Lipinski definition) is 2. The third kappa shape index (κ3) is 4.19. The number of rotatable bonds is 8. The van der Waals surface area contributed by atoms with Crippen LogP contribution in [0.25, 0.3) is 0 Å². The van der Waals surface area contributed by atoms with Crippen LogP contribution < -0.4 is 0 Å². The molecule has 0 aromatic rings. The highest BCUT2D eigenvalue weighted by atomic mass is 28.3. The Labute approximate surface area is 103 Å². The van der Waals surface area contributed by atoms with E-state index in [9.17, 15) is 0 Å². The molecule has 2 nitrogen and oxygen atoms in total. The summed E-state index contributed by atoms with van der Waals surface area (Å²) in [7, 11) is 2.27. The molecule has 0 radical (unpaired) electrons. The first kappa shape index (κ1) is 14.2. The Kier molecular flexibility index (Phi) is 7.33. The molecule has 0 N–H and O–H groups in total. The quantitative estimate of drug-likeness (QED) is 0.479. The molecule has 0 aliphatic heterocycles. The summed E-state index contributed by atoms with van der Waals surface area (Å²) in [6.45, 7) is 2.27. The third-order valence-corrected chi connectivity index (χ3v) is 6.47. The van der Waals surface area contributed by atoms with E-state index in [-0.39, 0.29) is 0 Å². The van der Waals surface area contributed by atoms with Gasteiger partial charge in [0.2, 0.25) is 0 Å². The van der Waals surface area contributed by atoms with Crippen molar-refractivity contribution in [1.29, 1.82) is 0 Å². The SMILES string of the molecule is CCCCCC(C1CCCC1)[SiH](OC)OC. The molecule has 1 aliphatic rings. The Morgan fingerprint density at radius 2 is 1.75 bits per heavy atom. The van der Waals surface area contributed by atoms with Crippen molar-refractivity contribution in [2.75, 3.05) is 14.2 Å². The maximum Gasteiger partial charge on any atom is 0.324 e. The molecule has 1 unspecified atom stereocenters. The van der Waals surface area contributed by atoms with Crippen LogP contribution in [0.3, 0.4) is 0 Å². The molecule has 0 amide bonds. The van der Waals surface area contributed by atoms with Gasteiger partial charge in [0.05, 0.1) is 0 Å². The lowest BCUT2D eigenvalue weighted by Gasteiger charge is -2.28. The zero-order chi connectivity index (χ0) is 11.8. The van der Waals surface area contributed by atoms with Gasteiger partial charge >= 0.3 is 9.28 Å². The molecule has 0 aromatic carbocycles. The van der Waals surface area contributed by atoms with Gasteiger partial charge in [0.15, 0.2) is 0 Å². The largest absolute Gasteiger partial charge is 0.400 e. The van der Waals surface area contributed by atoms with Crippen LogP contribution in [-0.4, -0.2) is 23.5 Å². The predicted molar refractivity (Wildman–Crippen MR) is 71.0 cm³/mol. The minimum Gasteiger partial charge on any atom is -0.400 e. The summed E-state index contributed by atoms with van der Waals surface area (Å²) in [6.07, 6.45) is 11.0. The van der Waals surface area contributed by atoms with Crippen LogP contribution in [0.1, 0.15) is 58.3 Å². The van der Waals surface area contributed by atoms with Gasteiger partial charge in [-0.1, -0.05) is 51.9 Å². The Bertz CT molecular complexity index is 163. The summed E-state index contributed by atoms with van der Waals surface area (Å²) < 4.78 is 11.2. The average Bonchev–Trinajstić information content (AvgIpc) is 2.82. The van der Waals surface area contributed by atoms with E-state index in [2.05, 4.69) is 6.92 Å². The zero-order valence-corrected chi connectivity index (χ0v) is 12.4. The lowest BCUT2D eigenvalue weighted by atomic mass is 9.98. The van der Waals surface area contributed by atoms with E-state index in [1.165, 1.54) is 51.4 Å². The second kappa shape index (κ2) is 8.26. The van der Waals surface area contributed by atoms with Crippen LogP contribution in [-0.2, 0) is 8.85 Å². The molecule has 1 aliphatic carbocycles. The molecule has 0 saturated heterocycles. The molecular weight excluding hydrogens is 216 g/mol. The van der Waals surface area contributed by atoms with Crippen LogP contribution in [0.2, 0.25) is 5.54 Å². The van der Waals surface area contributed by atoms with Crippen LogP contribution in [0, 0.1) is 5.92 Å². The fourth-order valence-electron chi connectivity index (χ4n) is 3.06. The molecule has 3 heteroatoms. The first-order valence-corrected chi connectivity index (χ1v) is 8.50. The van der Waals surface area contributed by atoms with Gasteiger partial charge in [-0.3, -0.25) is 0 Å². The smallest absolute Gasteiger partial charge is 0.324 e. The van der Waals surface area contributed by atoms with E-state index in [0.29, 0.717) is 0 Å². The summed E-state index contributed by atoms with van der Waals surface area (Å²) >= 11 is 0. The minimum absolute atomic E-state index is 0.754. The van der Waals surface area contributed by atoms with E-state index < -0.39 is 9.28 Å². The Balaban J connectivity index is 2.45. The van der Waals surface area contributed by atoms with Crippen molar-refractivity contribution in [2.24, 2.45) is 5.92 Å². The molecule has 1 saturated carbocycles. The molecular formula is C13H28O2Si. The first-order valence-electron chi connectivity index (χ1n) is 6.89. The fraction of sp³-hybridized carbons (Fsp3) is 1.00. The minimum atomic E-state index is -1.40. The molecule has 0 bridgehead atoms. The topological polar surface area (TPSA) is 18.5 Å². The Morgan fingerprint density at radius 1 is 1.12 bits per heavy atom. The monoisotopic (exact) mass is 244 g/mol. The summed E-state index contributed by atoms with van der Waals surface area (Å²) in [5.74, 6) is 0.897. The Morgan fingerprint density at radius 3 is 2.25 bits per heavy atom. The van der Waals surface area contributed by atoms with Gasteiger partial charge < -0.3 is 8.85 Å². The van der Waals surface area contributed by atoms with Gasteiger partial charge in [0, 0.05) is 19.8 Å². The van der Waals surface area contributed by atoms with Gasteiger partial charge in [0.1, 0.15) is 0 Å². The highest BCUT2D eigenvalue weighted by molar-refractivity contribution is 6.46. The fourth-order valence-corrected chi connectivity index (χ4v) is 5.28. The average molecular weight is 244 g/mol. The maximum absolute atomic E-state index is 5.62. The lowest BCUT2D eigenvalue weighted by Crippen LogP contribution is -2.30. The molecule has 0 heterocycles.